The van der Waals surface area contributed by atoms with Crippen LogP contribution in [-0.2, 0) is 24.2 Å². The molecule has 0 aliphatic carbocycles. The van der Waals surface area contributed by atoms with Gasteiger partial charge in [0, 0.05) is 41.5 Å². The smallest absolute Gasteiger partial charge is 0.393 e. The predicted octanol–water partition coefficient (Wildman–Crippen LogP) is 5.79. The molecule has 0 spiro atoms. The normalized spacial score (nSPS) is 16.0. The average molecular weight is 601 g/mol. The highest BCUT2D eigenvalue weighted by Gasteiger charge is 2.29. The number of alkyl halides is 3. The monoisotopic (exact) mass is 600 g/mol. The Balaban J connectivity index is 1.24. The number of fused-ring (bicyclic) bond motifs is 2. The predicted molar refractivity (Wildman–Crippen MR) is 158 cm³/mol. The molecule has 0 amide bonds. The quantitative estimate of drug-likeness (QED) is 0.238. The van der Waals surface area contributed by atoms with E-state index < -0.39 is 18.7 Å². The van der Waals surface area contributed by atoms with Gasteiger partial charge in [0.2, 0.25) is 0 Å². The maximum Gasteiger partial charge on any atom is 0.393 e. The molecule has 1 aromatic carbocycles. The molecule has 1 fully saturated rings. The van der Waals surface area contributed by atoms with E-state index in [0.717, 1.165) is 60.3 Å². The summed E-state index contributed by atoms with van der Waals surface area (Å²) >= 11 is 1.06. The van der Waals surface area contributed by atoms with E-state index in [4.69, 9.17) is 4.74 Å². The van der Waals surface area contributed by atoms with Crippen molar-refractivity contribution in [2.24, 2.45) is 0 Å². The first kappa shape index (κ1) is 30.2. The van der Waals surface area contributed by atoms with Crippen molar-refractivity contribution in [1.29, 1.82) is 5.26 Å². The topological polar surface area (TPSA) is 99.2 Å². The number of aliphatic hydroxyl groups excluding tert-OH is 1. The van der Waals surface area contributed by atoms with Gasteiger partial charge < -0.3 is 19.7 Å². The van der Waals surface area contributed by atoms with Crippen molar-refractivity contribution in [1.82, 2.24) is 19.4 Å². The van der Waals surface area contributed by atoms with Gasteiger partial charge in [0.25, 0.3) is 0 Å². The van der Waals surface area contributed by atoms with Crippen molar-refractivity contribution in [2.75, 3.05) is 25.0 Å². The molecule has 1 saturated heterocycles. The zero-order chi connectivity index (χ0) is 30.0. The number of hydrogen-bond acceptors (Lipinski definition) is 8. The second-order valence-electron chi connectivity index (χ2n) is 11.2. The van der Waals surface area contributed by atoms with Crippen LogP contribution in [0.1, 0.15) is 48.4 Å². The van der Waals surface area contributed by atoms with Gasteiger partial charge in [-0.15, -0.1) is 11.3 Å². The Bertz CT molecular complexity index is 1580. The Morgan fingerprint density at radius 2 is 1.95 bits per heavy atom. The van der Waals surface area contributed by atoms with Gasteiger partial charge in [0.15, 0.2) is 0 Å². The third-order valence-electron chi connectivity index (χ3n) is 7.71. The highest BCUT2D eigenvalue weighted by Crippen LogP contribution is 2.33. The third-order valence-corrected chi connectivity index (χ3v) is 8.76. The summed E-state index contributed by atoms with van der Waals surface area (Å²) in [5, 5.41) is 24.7. The highest BCUT2D eigenvalue weighted by atomic mass is 32.1. The van der Waals surface area contributed by atoms with E-state index in [1.807, 2.05) is 30.5 Å². The number of likely N-dealkylation sites (tertiary alicyclic amines) is 1. The van der Waals surface area contributed by atoms with E-state index in [-0.39, 0.29) is 23.6 Å². The summed E-state index contributed by atoms with van der Waals surface area (Å²) in [5.74, 6) is 0.587. The van der Waals surface area contributed by atoms with Crippen molar-refractivity contribution in [3.05, 3.63) is 52.3 Å². The lowest BCUT2D eigenvalue weighted by molar-refractivity contribution is -0.126. The number of aliphatic hydroxyl groups is 1. The molecule has 4 aromatic rings. The molecule has 2 N–H and O–H groups in total. The van der Waals surface area contributed by atoms with Gasteiger partial charge in [-0.2, -0.15) is 18.4 Å². The molecule has 1 aliphatic rings. The van der Waals surface area contributed by atoms with E-state index in [1.54, 1.807) is 6.07 Å². The van der Waals surface area contributed by atoms with Gasteiger partial charge in [-0.05, 0) is 62.9 Å². The molecular weight excluding hydrogens is 565 g/mol. The SMILES string of the molecule is Cc1c(CN2CCC(Nc3ncnc4sc(CC(F)(F)F)cc34)CC2)ccc2c1cc(C#N)n2CC(CO)OC(C)C. The van der Waals surface area contributed by atoms with E-state index in [2.05, 4.69) is 39.2 Å². The van der Waals surface area contributed by atoms with Crippen LogP contribution in [0.25, 0.3) is 21.1 Å². The summed E-state index contributed by atoms with van der Waals surface area (Å²) < 4.78 is 46.4. The largest absolute Gasteiger partial charge is 0.394 e. The molecule has 0 saturated carbocycles. The van der Waals surface area contributed by atoms with Crippen LogP contribution in [0.15, 0.2) is 30.6 Å². The first-order chi connectivity index (χ1) is 20.0. The van der Waals surface area contributed by atoms with E-state index >= 15 is 0 Å². The van der Waals surface area contributed by atoms with E-state index in [1.165, 1.54) is 11.9 Å². The molecule has 1 aliphatic heterocycles. The summed E-state index contributed by atoms with van der Waals surface area (Å²) in [7, 11) is 0. The van der Waals surface area contributed by atoms with E-state index in [9.17, 15) is 23.5 Å². The Labute approximate surface area is 246 Å². The average Bonchev–Trinajstić information content (AvgIpc) is 3.51. The van der Waals surface area contributed by atoms with Crippen molar-refractivity contribution in [3.8, 4) is 6.07 Å². The second-order valence-corrected chi connectivity index (χ2v) is 12.3. The van der Waals surface area contributed by atoms with Gasteiger partial charge in [0.1, 0.15) is 28.7 Å². The number of anilines is 1. The molecule has 4 heterocycles. The van der Waals surface area contributed by atoms with Crippen LogP contribution in [-0.4, -0.2) is 68.7 Å². The minimum atomic E-state index is -4.26. The summed E-state index contributed by atoms with van der Waals surface area (Å²) in [4.78, 5) is 11.7. The van der Waals surface area contributed by atoms with Gasteiger partial charge in [0.05, 0.1) is 37.2 Å². The van der Waals surface area contributed by atoms with Gasteiger partial charge >= 0.3 is 6.18 Å². The molecule has 12 heteroatoms. The number of nitrogens with zero attached hydrogens (tertiary/aromatic N) is 5. The molecule has 8 nitrogen and oxygen atoms in total. The zero-order valence-electron chi connectivity index (χ0n) is 23.9. The number of benzene rings is 1. The maximum absolute atomic E-state index is 12.9. The summed E-state index contributed by atoms with van der Waals surface area (Å²) in [5.41, 5.74) is 3.81. The number of aromatic nitrogens is 3. The number of rotatable bonds is 10. The Hall–Kier alpha value is -3.24. The van der Waals surface area contributed by atoms with Crippen molar-refractivity contribution in [2.45, 2.75) is 77.5 Å². The van der Waals surface area contributed by atoms with Gasteiger partial charge in [-0.3, -0.25) is 4.90 Å². The Morgan fingerprint density at radius 1 is 1.19 bits per heavy atom. The first-order valence-corrected chi connectivity index (χ1v) is 14.9. The number of hydrogen-bond donors (Lipinski definition) is 2. The lowest BCUT2D eigenvalue weighted by Crippen LogP contribution is -2.39. The molecule has 224 valence electrons. The maximum atomic E-state index is 12.9. The third kappa shape index (κ3) is 6.86. The lowest BCUT2D eigenvalue weighted by Gasteiger charge is -2.33. The fourth-order valence-corrected chi connectivity index (χ4v) is 6.72. The number of halogens is 3. The van der Waals surface area contributed by atoms with Crippen molar-refractivity contribution < 1.29 is 23.0 Å². The van der Waals surface area contributed by atoms with E-state index in [0.29, 0.717) is 28.3 Å². The molecular formula is C30H35F3N6O2S. The Morgan fingerprint density at radius 3 is 2.62 bits per heavy atom. The molecule has 5 rings (SSSR count). The van der Waals surface area contributed by atoms with Crippen LogP contribution >= 0.6 is 11.3 Å². The fraction of sp³-hybridized carbons (Fsp3) is 0.500. The second kappa shape index (κ2) is 12.6. The molecule has 0 radical (unpaired) electrons. The van der Waals surface area contributed by atoms with Gasteiger partial charge in [-0.25, -0.2) is 9.97 Å². The minimum Gasteiger partial charge on any atom is -0.394 e. The van der Waals surface area contributed by atoms with Crippen LogP contribution in [0, 0.1) is 18.3 Å². The molecule has 1 atom stereocenters. The number of ether oxygens (including phenoxy) is 1. The number of piperidine rings is 1. The number of nitriles is 1. The molecule has 3 aromatic heterocycles. The summed E-state index contributed by atoms with van der Waals surface area (Å²) in [6.45, 7) is 8.70. The number of thiophene rings is 1. The van der Waals surface area contributed by atoms with Crippen LogP contribution < -0.4 is 5.32 Å². The highest BCUT2D eigenvalue weighted by molar-refractivity contribution is 7.18. The molecule has 0 bridgehead atoms. The standard InChI is InChI=1S/C30H35F3N6O2S/c1-18(2)41-23(16-40)15-39-22(13-34)10-25-19(3)20(4-5-27(25)39)14-38-8-6-21(7-9-38)37-28-26-11-24(12-30(31,32)33)42-29(26)36-17-35-28/h4-5,10-11,17-18,21,23,40H,6-9,12,14-16H2,1-3H3,(H,35,36,37). The Kier molecular flexibility index (Phi) is 9.03. The first-order valence-electron chi connectivity index (χ1n) is 14.1. The number of nitrogens with one attached hydrogen (secondary N) is 1. The fourth-order valence-electron chi connectivity index (χ4n) is 5.69. The van der Waals surface area contributed by atoms with Crippen LogP contribution in [0.3, 0.4) is 0 Å². The molecule has 42 heavy (non-hydrogen) atoms. The zero-order valence-corrected chi connectivity index (χ0v) is 24.7. The summed E-state index contributed by atoms with van der Waals surface area (Å²) in [6.07, 6.45) is -2.50. The van der Waals surface area contributed by atoms with Crippen molar-refractivity contribution >= 4 is 38.3 Å². The summed E-state index contributed by atoms with van der Waals surface area (Å²) in [6, 6.07) is 10.1. The minimum absolute atomic E-state index is 0.0316. The lowest BCUT2D eigenvalue weighted by atomic mass is 10.0. The number of aryl methyl sites for hydroxylation is 1. The van der Waals surface area contributed by atoms with Gasteiger partial charge in [-0.1, -0.05) is 6.07 Å². The van der Waals surface area contributed by atoms with Crippen LogP contribution in [0.2, 0.25) is 0 Å². The van der Waals surface area contributed by atoms with Crippen molar-refractivity contribution in [3.63, 3.8) is 0 Å². The molecule has 1 unspecified atom stereocenters. The van der Waals surface area contributed by atoms with Crippen LogP contribution in [0.5, 0.6) is 0 Å². The van der Waals surface area contributed by atoms with Crippen LogP contribution in [0.4, 0.5) is 19.0 Å².